The average Bonchev–Trinajstić information content (AvgIpc) is 3.66. The van der Waals surface area contributed by atoms with Crippen molar-refractivity contribution >= 4 is 81.7 Å². The summed E-state index contributed by atoms with van der Waals surface area (Å²) in [5, 5.41) is 9.72. The van der Waals surface area contributed by atoms with Crippen LogP contribution in [0.5, 0.6) is 0 Å². The summed E-state index contributed by atoms with van der Waals surface area (Å²) in [7, 11) is 0. The normalized spacial score (nSPS) is 12.2. The van der Waals surface area contributed by atoms with E-state index in [0.29, 0.717) is 0 Å². The van der Waals surface area contributed by atoms with Crippen molar-refractivity contribution in [1.29, 1.82) is 0 Å². The van der Waals surface area contributed by atoms with E-state index < -0.39 is 0 Å². The molecular formula is C44H26N4. The van der Waals surface area contributed by atoms with Gasteiger partial charge in [-0.1, -0.05) is 121 Å². The van der Waals surface area contributed by atoms with Gasteiger partial charge in [0.2, 0.25) is 0 Å². The fourth-order valence-electron chi connectivity index (χ4n) is 7.99. The van der Waals surface area contributed by atoms with Gasteiger partial charge in [0.25, 0.3) is 0 Å². The predicted molar refractivity (Wildman–Crippen MR) is 200 cm³/mol. The smallest absolute Gasteiger partial charge is 0.165 e. The molecule has 0 fully saturated rings. The number of benzene rings is 7. The van der Waals surface area contributed by atoms with Gasteiger partial charge in [-0.3, -0.25) is 4.57 Å². The molecule has 0 saturated heterocycles. The van der Waals surface area contributed by atoms with Gasteiger partial charge >= 0.3 is 0 Å². The predicted octanol–water partition coefficient (Wildman–Crippen LogP) is 11.3. The van der Waals surface area contributed by atoms with Crippen LogP contribution in [-0.2, 0) is 0 Å². The number of nitrogens with zero attached hydrogens (tertiary/aromatic N) is 4. The molecule has 0 amide bonds. The van der Waals surface area contributed by atoms with Crippen LogP contribution in [0.15, 0.2) is 158 Å². The Hall–Kier alpha value is -6.52. The Morgan fingerprint density at radius 2 is 1.00 bits per heavy atom. The summed E-state index contributed by atoms with van der Waals surface area (Å²) in [6.45, 7) is 0. The van der Waals surface area contributed by atoms with Gasteiger partial charge in [0.15, 0.2) is 5.82 Å². The summed E-state index contributed by atoms with van der Waals surface area (Å²) in [6, 6.07) is 56.4. The molecule has 0 radical (unpaired) electrons. The Kier molecular flexibility index (Phi) is 5.08. The number of rotatable bonds is 2. The molecule has 0 aliphatic heterocycles. The average molecular weight is 611 g/mol. The lowest BCUT2D eigenvalue weighted by Gasteiger charge is -2.14. The first kappa shape index (κ1) is 25.6. The SMILES string of the molecule is c1ccc(-c2nc3ccccc3nc2-n2c3cccc4c5ccccc5c5cc6ccccc6cc5n5c6ccccc6c2c5c43)cc1. The van der Waals surface area contributed by atoms with E-state index in [4.69, 9.17) is 9.97 Å². The lowest BCUT2D eigenvalue weighted by atomic mass is 9.99. The molecule has 48 heavy (non-hydrogen) atoms. The lowest BCUT2D eigenvalue weighted by molar-refractivity contribution is 1.08. The Balaban J connectivity index is 1.47. The molecule has 0 unspecified atom stereocenters. The minimum atomic E-state index is 0.825. The molecule has 4 nitrogen and oxygen atoms in total. The molecule has 11 aromatic rings. The third-order valence-corrected chi connectivity index (χ3v) is 10.0. The minimum absolute atomic E-state index is 0.825. The second kappa shape index (κ2) is 9.50. The number of hydrogen-bond donors (Lipinski definition) is 0. The highest BCUT2D eigenvalue weighted by Gasteiger charge is 2.26. The van der Waals surface area contributed by atoms with E-state index in [2.05, 4.69) is 148 Å². The van der Waals surface area contributed by atoms with E-state index >= 15 is 0 Å². The van der Waals surface area contributed by atoms with Crippen molar-refractivity contribution in [3.8, 4) is 17.1 Å². The van der Waals surface area contributed by atoms with E-state index in [-0.39, 0.29) is 0 Å². The molecule has 4 heteroatoms. The molecule has 0 saturated carbocycles. The first-order valence-corrected chi connectivity index (χ1v) is 16.4. The molecule has 0 N–H and O–H groups in total. The Morgan fingerprint density at radius 1 is 0.396 bits per heavy atom. The molecule has 222 valence electrons. The van der Waals surface area contributed by atoms with Crippen molar-refractivity contribution < 1.29 is 0 Å². The molecule has 4 heterocycles. The zero-order chi connectivity index (χ0) is 31.3. The Labute approximate surface area is 274 Å². The number of fused-ring (bicyclic) bond motifs is 10. The van der Waals surface area contributed by atoms with Gasteiger partial charge < -0.3 is 4.40 Å². The Morgan fingerprint density at radius 3 is 1.81 bits per heavy atom. The van der Waals surface area contributed by atoms with Crippen LogP contribution in [0.4, 0.5) is 0 Å². The van der Waals surface area contributed by atoms with Gasteiger partial charge in [0.05, 0.1) is 38.6 Å². The second-order valence-corrected chi connectivity index (χ2v) is 12.6. The van der Waals surface area contributed by atoms with E-state index in [0.717, 1.165) is 39.1 Å². The van der Waals surface area contributed by atoms with Crippen LogP contribution in [0.3, 0.4) is 0 Å². The van der Waals surface area contributed by atoms with Gasteiger partial charge in [0, 0.05) is 21.7 Å². The third-order valence-electron chi connectivity index (χ3n) is 10.0. The second-order valence-electron chi connectivity index (χ2n) is 12.6. The zero-order valence-electron chi connectivity index (χ0n) is 25.8. The summed E-state index contributed by atoms with van der Waals surface area (Å²) in [5.41, 5.74) is 9.40. The number of para-hydroxylation sites is 3. The molecule has 0 aliphatic rings. The molecule has 0 aliphatic carbocycles. The van der Waals surface area contributed by atoms with Crippen molar-refractivity contribution in [3.05, 3.63) is 158 Å². The summed E-state index contributed by atoms with van der Waals surface area (Å²) in [6.07, 6.45) is 0. The van der Waals surface area contributed by atoms with Crippen molar-refractivity contribution in [3.63, 3.8) is 0 Å². The topological polar surface area (TPSA) is 35.1 Å². The van der Waals surface area contributed by atoms with Crippen LogP contribution >= 0.6 is 0 Å². The van der Waals surface area contributed by atoms with E-state index in [1.807, 2.05) is 18.2 Å². The first-order chi connectivity index (χ1) is 23.8. The van der Waals surface area contributed by atoms with Crippen LogP contribution in [0, 0.1) is 0 Å². The molecular weight excluding hydrogens is 585 g/mol. The maximum Gasteiger partial charge on any atom is 0.165 e. The lowest BCUT2D eigenvalue weighted by Crippen LogP contribution is -2.03. The molecule has 7 aromatic carbocycles. The van der Waals surface area contributed by atoms with Crippen LogP contribution in [0.2, 0.25) is 0 Å². The first-order valence-electron chi connectivity index (χ1n) is 16.4. The highest BCUT2D eigenvalue weighted by atomic mass is 15.1. The van der Waals surface area contributed by atoms with Gasteiger partial charge in [-0.25, -0.2) is 9.97 Å². The largest absolute Gasteiger partial charge is 0.306 e. The van der Waals surface area contributed by atoms with Crippen LogP contribution < -0.4 is 0 Å². The zero-order valence-corrected chi connectivity index (χ0v) is 25.8. The van der Waals surface area contributed by atoms with Crippen LogP contribution in [0.1, 0.15) is 0 Å². The standard InChI is InChI=1S/C44H26N4/c1-2-13-27(14-3-1)41-44(46-36-22-10-9-21-35(36)45-41)48-38-24-12-20-32-30-17-6-7-18-31(30)34-25-28-15-4-5-16-29(28)26-39(34)47-37-23-11-8-19-33(37)42(48)43(47)40(32)38/h1-26H. The summed E-state index contributed by atoms with van der Waals surface area (Å²) in [5.74, 6) is 0.825. The van der Waals surface area contributed by atoms with Crippen LogP contribution in [-0.4, -0.2) is 18.9 Å². The Bertz CT molecular complexity index is 3110. The van der Waals surface area contributed by atoms with Gasteiger partial charge in [-0.05, 0) is 63.3 Å². The molecule has 11 rings (SSSR count). The number of hydrogen-bond acceptors (Lipinski definition) is 2. The fourth-order valence-corrected chi connectivity index (χ4v) is 7.99. The maximum absolute atomic E-state index is 5.43. The van der Waals surface area contributed by atoms with Gasteiger partial charge in [0.1, 0.15) is 5.69 Å². The molecule has 0 spiro atoms. The van der Waals surface area contributed by atoms with Crippen LogP contribution in [0.25, 0.3) is 98.8 Å². The third kappa shape index (κ3) is 3.38. The van der Waals surface area contributed by atoms with Crippen molar-refractivity contribution in [2.24, 2.45) is 0 Å². The van der Waals surface area contributed by atoms with Crippen molar-refractivity contribution in [1.82, 2.24) is 18.9 Å². The minimum Gasteiger partial charge on any atom is -0.306 e. The molecule has 0 bridgehead atoms. The maximum atomic E-state index is 5.43. The summed E-state index contributed by atoms with van der Waals surface area (Å²) < 4.78 is 4.88. The van der Waals surface area contributed by atoms with E-state index in [9.17, 15) is 0 Å². The molecule has 4 aromatic heterocycles. The van der Waals surface area contributed by atoms with Crippen molar-refractivity contribution in [2.75, 3.05) is 0 Å². The van der Waals surface area contributed by atoms with E-state index in [1.54, 1.807) is 0 Å². The quantitative estimate of drug-likeness (QED) is 0.195. The monoisotopic (exact) mass is 610 g/mol. The summed E-state index contributed by atoms with van der Waals surface area (Å²) in [4.78, 5) is 10.7. The fraction of sp³-hybridized carbons (Fsp3) is 0. The van der Waals surface area contributed by atoms with Gasteiger partial charge in [-0.15, -0.1) is 0 Å². The molecule has 0 atom stereocenters. The van der Waals surface area contributed by atoms with Crippen molar-refractivity contribution in [2.45, 2.75) is 0 Å². The summed E-state index contributed by atoms with van der Waals surface area (Å²) >= 11 is 0. The van der Waals surface area contributed by atoms with Gasteiger partial charge in [-0.2, -0.15) is 0 Å². The highest BCUT2D eigenvalue weighted by Crippen LogP contribution is 2.45. The van der Waals surface area contributed by atoms with E-state index in [1.165, 1.54) is 59.6 Å². The highest BCUT2D eigenvalue weighted by molar-refractivity contribution is 6.30. The number of aromatic nitrogens is 4.